The molecule has 6 heteroatoms. The molecule has 1 amide bonds. The zero-order valence-electron chi connectivity index (χ0n) is 14.5. The maximum Gasteiger partial charge on any atom is 0.407 e. The van der Waals surface area contributed by atoms with Crippen molar-refractivity contribution in [3.05, 3.63) is 34.3 Å². The molecular formula is C19H27BrN2O3. The molecule has 1 aliphatic heterocycles. The largest absolute Gasteiger partial charge is 0.465 e. The van der Waals surface area contributed by atoms with E-state index in [-0.39, 0.29) is 5.92 Å². The molecule has 1 aliphatic carbocycles. The lowest BCUT2D eigenvalue weighted by atomic mass is 9.72. The first kappa shape index (κ1) is 18.7. The van der Waals surface area contributed by atoms with E-state index in [2.05, 4.69) is 26.9 Å². The van der Waals surface area contributed by atoms with Gasteiger partial charge in [0.05, 0.1) is 5.60 Å². The predicted octanol–water partition coefficient (Wildman–Crippen LogP) is 3.52. The lowest BCUT2D eigenvalue weighted by Crippen LogP contribution is -2.52. The summed E-state index contributed by atoms with van der Waals surface area (Å²) in [5, 5.41) is 20.6. The average Bonchev–Trinajstić information content (AvgIpc) is 2.61. The lowest BCUT2D eigenvalue weighted by molar-refractivity contribution is -0.0340. The highest BCUT2D eigenvalue weighted by Gasteiger charge is 2.40. The molecule has 1 saturated heterocycles. The van der Waals surface area contributed by atoms with E-state index >= 15 is 0 Å². The van der Waals surface area contributed by atoms with Crippen molar-refractivity contribution >= 4 is 22.0 Å². The van der Waals surface area contributed by atoms with Gasteiger partial charge in [-0.2, -0.15) is 0 Å². The third kappa shape index (κ3) is 4.36. The van der Waals surface area contributed by atoms with Gasteiger partial charge >= 0.3 is 6.09 Å². The molecule has 0 bridgehead atoms. The number of rotatable bonds is 4. The predicted molar refractivity (Wildman–Crippen MR) is 101 cm³/mol. The van der Waals surface area contributed by atoms with Crippen molar-refractivity contribution in [3.63, 3.8) is 0 Å². The van der Waals surface area contributed by atoms with Crippen LogP contribution in [0.3, 0.4) is 0 Å². The topological polar surface area (TPSA) is 64.0 Å². The molecule has 0 spiro atoms. The normalized spacial score (nSPS) is 22.6. The number of aliphatic hydroxyl groups is 1. The van der Waals surface area contributed by atoms with Gasteiger partial charge in [0.1, 0.15) is 0 Å². The quantitative estimate of drug-likeness (QED) is 0.796. The summed E-state index contributed by atoms with van der Waals surface area (Å²) in [6.45, 7) is 3.30. The van der Waals surface area contributed by atoms with Gasteiger partial charge in [-0.15, -0.1) is 0 Å². The molecule has 2 aliphatic rings. The SMILES string of the molecule is O=C(O)N1CCN(CC(c2ccccc2Br)C2(O)CCCCC2)CC1. The van der Waals surface area contributed by atoms with E-state index in [1.165, 1.54) is 11.3 Å². The molecule has 138 valence electrons. The van der Waals surface area contributed by atoms with Crippen LogP contribution in [0.4, 0.5) is 4.79 Å². The summed E-state index contributed by atoms with van der Waals surface area (Å²) < 4.78 is 1.04. The van der Waals surface area contributed by atoms with Crippen LogP contribution in [0.15, 0.2) is 28.7 Å². The molecule has 1 unspecified atom stereocenters. The standard InChI is InChI=1S/C19H27BrN2O3/c20-17-7-3-2-6-15(17)16(19(25)8-4-1-5-9-19)14-21-10-12-22(13-11-21)18(23)24/h2-3,6-7,16,25H,1,4-5,8-14H2,(H,23,24). The van der Waals surface area contributed by atoms with E-state index in [4.69, 9.17) is 5.11 Å². The summed E-state index contributed by atoms with van der Waals surface area (Å²) >= 11 is 3.67. The van der Waals surface area contributed by atoms with Crippen molar-refractivity contribution in [2.24, 2.45) is 0 Å². The Morgan fingerprint density at radius 1 is 1.12 bits per heavy atom. The number of hydrogen-bond acceptors (Lipinski definition) is 3. The maximum atomic E-state index is 11.4. The van der Waals surface area contributed by atoms with Crippen molar-refractivity contribution < 1.29 is 15.0 Å². The number of hydrogen-bond donors (Lipinski definition) is 2. The van der Waals surface area contributed by atoms with E-state index in [9.17, 15) is 9.90 Å². The number of amides is 1. The molecule has 2 N–H and O–H groups in total. The first-order valence-corrected chi connectivity index (χ1v) is 9.96. The smallest absolute Gasteiger partial charge is 0.407 e. The fourth-order valence-corrected chi connectivity index (χ4v) is 4.77. The summed E-state index contributed by atoms with van der Waals surface area (Å²) in [7, 11) is 0. The molecule has 1 atom stereocenters. The third-order valence-corrected chi connectivity index (χ3v) is 6.45. The van der Waals surface area contributed by atoms with Crippen LogP contribution >= 0.6 is 15.9 Å². The van der Waals surface area contributed by atoms with Gasteiger partial charge in [-0.1, -0.05) is 53.4 Å². The van der Waals surface area contributed by atoms with Crippen LogP contribution in [-0.4, -0.2) is 64.4 Å². The highest BCUT2D eigenvalue weighted by molar-refractivity contribution is 9.10. The van der Waals surface area contributed by atoms with E-state index in [0.717, 1.165) is 55.4 Å². The first-order valence-electron chi connectivity index (χ1n) is 9.17. The Kier molecular flexibility index (Phi) is 6.02. The van der Waals surface area contributed by atoms with E-state index in [1.54, 1.807) is 0 Å². The Hall–Kier alpha value is -1.11. The minimum absolute atomic E-state index is 0.0414. The lowest BCUT2D eigenvalue weighted by Gasteiger charge is -2.43. The second-order valence-electron chi connectivity index (χ2n) is 7.31. The van der Waals surface area contributed by atoms with E-state index in [0.29, 0.717) is 13.1 Å². The summed E-state index contributed by atoms with van der Waals surface area (Å²) in [4.78, 5) is 14.9. The Morgan fingerprint density at radius 2 is 1.76 bits per heavy atom. The highest BCUT2D eigenvalue weighted by atomic mass is 79.9. The van der Waals surface area contributed by atoms with Gasteiger partial charge < -0.3 is 15.1 Å². The second kappa shape index (κ2) is 8.06. The molecule has 1 aromatic carbocycles. The zero-order chi connectivity index (χ0) is 17.9. The van der Waals surface area contributed by atoms with Gasteiger partial charge in [-0.3, -0.25) is 4.90 Å². The molecule has 1 saturated carbocycles. The number of piperazine rings is 1. The third-order valence-electron chi connectivity index (χ3n) is 5.73. The summed E-state index contributed by atoms with van der Waals surface area (Å²) in [6, 6.07) is 8.18. The minimum Gasteiger partial charge on any atom is -0.465 e. The van der Waals surface area contributed by atoms with Crippen LogP contribution in [0.5, 0.6) is 0 Å². The van der Waals surface area contributed by atoms with Gasteiger partial charge in [0.15, 0.2) is 0 Å². The van der Waals surface area contributed by atoms with Crippen molar-refractivity contribution in [3.8, 4) is 0 Å². The van der Waals surface area contributed by atoms with E-state index < -0.39 is 11.7 Å². The average molecular weight is 411 g/mol. The molecule has 1 heterocycles. The highest BCUT2D eigenvalue weighted by Crippen LogP contribution is 2.42. The molecule has 5 nitrogen and oxygen atoms in total. The summed E-state index contributed by atoms with van der Waals surface area (Å²) in [5.41, 5.74) is 0.485. The van der Waals surface area contributed by atoms with Crippen LogP contribution in [0.2, 0.25) is 0 Å². The number of carbonyl (C=O) groups is 1. The van der Waals surface area contributed by atoms with Gasteiger partial charge in [0.25, 0.3) is 0 Å². The number of halogens is 1. The van der Waals surface area contributed by atoms with Crippen molar-refractivity contribution in [1.29, 1.82) is 0 Å². The Labute approximate surface area is 157 Å². The number of carboxylic acid groups (broad SMARTS) is 1. The van der Waals surface area contributed by atoms with Crippen LogP contribution in [0.25, 0.3) is 0 Å². The first-order chi connectivity index (χ1) is 12.0. The van der Waals surface area contributed by atoms with Crippen molar-refractivity contribution in [1.82, 2.24) is 9.80 Å². The Morgan fingerprint density at radius 3 is 2.36 bits per heavy atom. The zero-order valence-corrected chi connectivity index (χ0v) is 16.1. The van der Waals surface area contributed by atoms with Crippen LogP contribution < -0.4 is 0 Å². The van der Waals surface area contributed by atoms with E-state index in [1.807, 2.05) is 18.2 Å². The van der Waals surface area contributed by atoms with Gasteiger partial charge in [-0.05, 0) is 24.5 Å². The number of nitrogens with zero attached hydrogens (tertiary/aromatic N) is 2. The summed E-state index contributed by atoms with van der Waals surface area (Å²) in [6.07, 6.45) is 4.19. The summed E-state index contributed by atoms with van der Waals surface area (Å²) in [5.74, 6) is 0.0414. The minimum atomic E-state index is -0.840. The molecule has 2 fully saturated rings. The monoisotopic (exact) mass is 410 g/mol. The van der Waals surface area contributed by atoms with Crippen molar-refractivity contribution in [2.75, 3.05) is 32.7 Å². The fourth-order valence-electron chi connectivity index (χ4n) is 4.21. The van der Waals surface area contributed by atoms with Crippen molar-refractivity contribution in [2.45, 2.75) is 43.6 Å². The molecular weight excluding hydrogens is 384 g/mol. The Bertz CT molecular complexity index is 596. The fraction of sp³-hybridized carbons (Fsp3) is 0.632. The van der Waals surface area contributed by atoms with Gasteiger partial charge in [0, 0.05) is 43.1 Å². The molecule has 0 aromatic heterocycles. The molecule has 3 rings (SSSR count). The van der Waals surface area contributed by atoms with Crippen LogP contribution in [-0.2, 0) is 0 Å². The van der Waals surface area contributed by atoms with Crippen LogP contribution in [0, 0.1) is 0 Å². The van der Waals surface area contributed by atoms with Crippen LogP contribution in [0.1, 0.15) is 43.6 Å². The van der Waals surface area contributed by atoms with Gasteiger partial charge in [0.2, 0.25) is 0 Å². The molecule has 25 heavy (non-hydrogen) atoms. The molecule has 0 radical (unpaired) electrons. The Balaban J connectivity index is 1.78. The molecule has 1 aromatic rings. The second-order valence-corrected chi connectivity index (χ2v) is 8.16. The van der Waals surface area contributed by atoms with Gasteiger partial charge in [-0.25, -0.2) is 4.79 Å². The maximum absolute atomic E-state index is 11.4. The number of benzene rings is 1.